The Hall–Kier alpha value is -4.07. The molecule has 1 aliphatic rings. The number of hydrogen-bond acceptors (Lipinski definition) is 6. The van der Waals surface area contributed by atoms with E-state index in [4.69, 9.17) is 10.1 Å². The molecule has 2 N–H and O–H groups in total. The van der Waals surface area contributed by atoms with E-state index in [1.54, 1.807) is 26.2 Å². The third-order valence-electron chi connectivity index (χ3n) is 10.0. The van der Waals surface area contributed by atoms with Gasteiger partial charge >= 0.3 is 5.97 Å². The minimum absolute atomic E-state index is 0.0305. The van der Waals surface area contributed by atoms with Crippen molar-refractivity contribution in [3.05, 3.63) is 94.9 Å². The normalized spacial score (nSPS) is 21.4. The fraction of sp³-hybridized carbons (Fsp3) is 0.395. The van der Waals surface area contributed by atoms with Crippen LogP contribution in [0.25, 0.3) is 22.3 Å². The Morgan fingerprint density at radius 2 is 1.86 bits per heavy atom. The molecule has 3 atom stereocenters. The van der Waals surface area contributed by atoms with Crippen LogP contribution < -0.4 is 0 Å². The van der Waals surface area contributed by atoms with E-state index in [9.17, 15) is 22.9 Å². The van der Waals surface area contributed by atoms with Gasteiger partial charge in [-0.15, -0.1) is 0 Å². The van der Waals surface area contributed by atoms with E-state index in [2.05, 4.69) is 4.98 Å². The van der Waals surface area contributed by atoms with Gasteiger partial charge in [0.1, 0.15) is 5.82 Å². The number of hydrogen-bond donors (Lipinski definition) is 2. The Bertz CT molecular complexity index is 2230. The van der Waals surface area contributed by atoms with Crippen molar-refractivity contribution >= 4 is 37.9 Å². The predicted octanol–water partition coefficient (Wildman–Crippen LogP) is 7.14. The predicted molar refractivity (Wildman–Crippen MR) is 193 cm³/mol. The van der Waals surface area contributed by atoms with Gasteiger partial charge in [-0.1, -0.05) is 51.5 Å². The van der Waals surface area contributed by atoms with Crippen molar-refractivity contribution in [1.82, 2.24) is 19.7 Å². The number of nitrogens with zero attached hydrogens (tertiary/aromatic N) is 3. The lowest BCUT2D eigenvalue weighted by atomic mass is 9.75. The Labute approximate surface area is 299 Å². The minimum Gasteiger partial charge on any atom is -0.606 e. The lowest BCUT2D eigenvalue weighted by Gasteiger charge is -2.31. The molecule has 9 nitrogen and oxygen atoms in total. The number of rotatable bonds is 4. The second-order valence-electron chi connectivity index (χ2n) is 14.7. The molecule has 1 unspecified atom stereocenters. The zero-order chi connectivity index (χ0) is 36.9. The molecule has 0 saturated carbocycles. The summed E-state index contributed by atoms with van der Waals surface area (Å²) in [5, 5.41) is 14.9. The smallest absolute Gasteiger partial charge is 0.306 e. The Morgan fingerprint density at radius 3 is 2.61 bits per heavy atom. The fourth-order valence-electron chi connectivity index (χ4n) is 7.22. The maximum Gasteiger partial charge on any atom is 0.306 e. The van der Waals surface area contributed by atoms with E-state index in [1.165, 1.54) is 28.9 Å². The number of H-pyrrole nitrogens is 1. The molecule has 0 amide bonds. The van der Waals surface area contributed by atoms with Crippen LogP contribution in [-0.2, 0) is 51.1 Å². The SMILES string of the molecule is C[C@@H](Cc1cccc([C@@]2(C)CCCC(C)(C)CS(=O)(=O)CCc3c(c(F)cc4[nH]ccc34)[S+]([O-])c3ccc(F)c(c3)-c3nc2nn3C)c1)C(=O)O. The summed E-state index contributed by atoms with van der Waals surface area (Å²) in [6.45, 7) is 7.46. The summed E-state index contributed by atoms with van der Waals surface area (Å²) in [7, 11) is -2.01. The first-order valence-corrected chi connectivity index (χ1v) is 19.9. The van der Waals surface area contributed by atoms with Crippen LogP contribution in [0.3, 0.4) is 0 Å². The maximum atomic E-state index is 15.9. The van der Waals surface area contributed by atoms with Crippen molar-refractivity contribution < 1.29 is 31.7 Å². The van der Waals surface area contributed by atoms with Crippen molar-refractivity contribution in [2.45, 2.75) is 75.0 Å². The van der Waals surface area contributed by atoms with Crippen molar-refractivity contribution in [3.63, 3.8) is 0 Å². The second-order valence-corrected chi connectivity index (χ2v) is 18.3. The number of aromatic amines is 1. The number of carboxylic acid groups (broad SMARTS) is 1. The second kappa shape index (κ2) is 13.8. The molecule has 0 aliphatic carbocycles. The largest absolute Gasteiger partial charge is 0.606 e. The van der Waals surface area contributed by atoms with Gasteiger partial charge in [0.15, 0.2) is 37.1 Å². The van der Waals surface area contributed by atoms with E-state index in [-0.39, 0.29) is 39.1 Å². The van der Waals surface area contributed by atoms with Crippen LogP contribution in [0, 0.1) is 23.0 Å². The highest BCUT2D eigenvalue weighted by atomic mass is 32.2. The Balaban J connectivity index is 1.52. The highest BCUT2D eigenvalue weighted by Gasteiger charge is 2.37. The van der Waals surface area contributed by atoms with Gasteiger partial charge in [0.25, 0.3) is 0 Å². The van der Waals surface area contributed by atoms with E-state index in [0.29, 0.717) is 48.0 Å². The number of aliphatic carboxylic acids is 1. The van der Waals surface area contributed by atoms with E-state index in [1.807, 2.05) is 45.0 Å². The average molecular weight is 737 g/mol. The van der Waals surface area contributed by atoms with Gasteiger partial charge in [-0.05, 0) is 67.3 Å². The highest BCUT2D eigenvalue weighted by Crippen LogP contribution is 2.40. The number of aromatic nitrogens is 4. The van der Waals surface area contributed by atoms with Crippen molar-refractivity contribution in [3.8, 4) is 11.4 Å². The molecule has 1 aliphatic heterocycles. The summed E-state index contributed by atoms with van der Waals surface area (Å²) in [5.74, 6) is -2.67. The molecule has 270 valence electrons. The number of sulfone groups is 1. The van der Waals surface area contributed by atoms with E-state index >= 15 is 8.78 Å². The lowest BCUT2D eigenvalue weighted by molar-refractivity contribution is -0.141. The molecule has 13 heteroatoms. The fourth-order valence-corrected chi connectivity index (χ4v) is 10.5. The molecule has 0 radical (unpaired) electrons. The summed E-state index contributed by atoms with van der Waals surface area (Å²) in [4.78, 5) is 19.5. The molecular formula is C38H42F2N4O5S2. The van der Waals surface area contributed by atoms with Crippen molar-refractivity contribution in [2.24, 2.45) is 18.4 Å². The van der Waals surface area contributed by atoms with Crippen LogP contribution in [-0.4, -0.2) is 55.3 Å². The summed E-state index contributed by atoms with van der Waals surface area (Å²) < 4.78 is 74.6. The van der Waals surface area contributed by atoms with Crippen LogP contribution in [0.5, 0.6) is 0 Å². The van der Waals surface area contributed by atoms with E-state index in [0.717, 1.165) is 11.1 Å². The lowest BCUT2D eigenvalue weighted by Crippen LogP contribution is -2.29. The standard InChI is InChI=1S/C38H42F2N4O5S2/c1-23(35(45)46)18-24-8-6-9-25(19-24)38(4)15-7-14-37(2,3)22-51(48,49)17-13-28-27-12-16-41-32(27)21-31(40)33(28)50(47)26-10-11-30(39)29(20-26)34-42-36(38)43-44(34)5/h6,8-12,16,19-21,23,41H,7,13-15,17-18,22H2,1-5H3,(H,45,46)/t23-,38+,50?/m0/s1. The Morgan fingerprint density at radius 1 is 1.10 bits per heavy atom. The van der Waals surface area contributed by atoms with Crippen molar-refractivity contribution in [1.29, 1.82) is 0 Å². The minimum atomic E-state index is -3.66. The third kappa shape index (κ3) is 7.47. The van der Waals surface area contributed by atoms with E-state index < -0.39 is 55.4 Å². The van der Waals surface area contributed by atoms with Gasteiger partial charge in [0.2, 0.25) is 0 Å². The van der Waals surface area contributed by atoms with Crippen LogP contribution >= 0.6 is 0 Å². The van der Waals surface area contributed by atoms with Gasteiger partial charge in [-0.3, -0.25) is 4.79 Å². The maximum absolute atomic E-state index is 15.9. The van der Waals surface area contributed by atoms with Gasteiger partial charge in [-0.2, -0.15) is 5.10 Å². The summed E-state index contributed by atoms with van der Waals surface area (Å²) >= 11 is -2.15. The number of aryl methyl sites for hydroxylation is 2. The molecule has 2 aromatic heterocycles. The molecule has 3 heterocycles. The first-order valence-electron chi connectivity index (χ1n) is 16.9. The summed E-state index contributed by atoms with van der Waals surface area (Å²) in [6.07, 6.45) is 3.55. The first-order chi connectivity index (χ1) is 24.0. The third-order valence-corrected chi connectivity index (χ3v) is 13.6. The molecule has 3 aromatic carbocycles. The highest BCUT2D eigenvalue weighted by molar-refractivity contribution is 7.92. The van der Waals surface area contributed by atoms with Gasteiger partial charge in [0.05, 0.1) is 28.4 Å². The van der Waals surface area contributed by atoms with Crippen LogP contribution in [0.4, 0.5) is 8.78 Å². The van der Waals surface area contributed by atoms with Crippen LogP contribution in [0.1, 0.15) is 69.5 Å². The number of benzene rings is 3. The first kappa shape index (κ1) is 36.7. The number of nitrogens with one attached hydrogen (secondary N) is 1. The number of halogens is 2. The topological polar surface area (TPSA) is 141 Å². The Kier molecular flexibility index (Phi) is 9.94. The zero-order valence-corrected chi connectivity index (χ0v) is 30.9. The summed E-state index contributed by atoms with van der Waals surface area (Å²) in [6, 6.07) is 14.5. The molecule has 51 heavy (non-hydrogen) atoms. The monoisotopic (exact) mass is 736 g/mol. The molecular weight excluding hydrogens is 695 g/mol. The van der Waals surface area contributed by atoms with Gasteiger partial charge < -0.3 is 14.6 Å². The molecule has 0 fully saturated rings. The number of carboxylic acids is 1. The average Bonchev–Trinajstić information content (AvgIpc) is 3.69. The number of carbonyl (C=O) groups is 1. The molecule has 6 rings (SSSR count). The molecule has 5 aromatic rings. The number of fused-ring (bicyclic) bond motifs is 8. The van der Waals surface area contributed by atoms with Gasteiger partial charge in [0, 0.05) is 53.0 Å². The quantitative estimate of drug-likeness (QED) is 0.187. The van der Waals surface area contributed by atoms with Gasteiger partial charge in [-0.25, -0.2) is 26.9 Å². The summed E-state index contributed by atoms with van der Waals surface area (Å²) in [5.41, 5.74) is 1.03. The molecule has 4 bridgehead atoms. The van der Waals surface area contributed by atoms with Crippen molar-refractivity contribution in [2.75, 3.05) is 11.5 Å². The van der Waals surface area contributed by atoms with Crippen LogP contribution in [0.2, 0.25) is 0 Å². The molecule has 0 spiro atoms. The van der Waals surface area contributed by atoms with Crippen LogP contribution in [0.15, 0.2) is 70.6 Å². The molecule has 0 saturated heterocycles. The zero-order valence-electron chi connectivity index (χ0n) is 29.3.